The maximum absolute atomic E-state index is 11.1. The second-order valence-corrected chi connectivity index (χ2v) is 3.02. The first kappa shape index (κ1) is 9.45. The molecule has 0 spiro atoms. The monoisotopic (exact) mass is 206 g/mol. The van der Waals surface area contributed by atoms with Gasteiger partial charge in [0.2, 0.25) is 5.95 Å². The van der Waals surface area contributed by atoms with E-state index >= 15 is 0 Å². The van der Waals surface area contributed by atoms with E-state index < -0.39 is 0 Å². The summed E-state index contributed by atoms with van der Waals surface area (Å²) in [4.78, 5) is 15.1. The van der Waals surface area contributed by atoms with E-state index in [1.807, 2.05) is 0 Å². The summed E-state index contributed by atoms with van der Waals surface area (Å²) in [5.41, 5.74) is 6.79. The molecule has 0 saturated heterocycles. The molecular formula is C9H10N4O2. The Balaban J connectivity index is 2.46. The second kappa shape index (κ2) is 3.56. The van der Waals surface area contributed by atoms with Crippen LogP contribution >= 0.6 is 0 Å². The zero-order chi connectivity index (χ0) is 10.8. The number of esters is 1. The highest BCUT2D eigenvalue weighted by molar-refractivity contribution is 5.75. The number of carbonyl (C=O) groups excluding carboxylic acids is 1. The number of pyridine rings is 1. The molecular weight excluding hydrogens is 196 g/mol. The van der Waals surface area contributed by atoms with Gasteiger partial charge in [-0.3, -0.25) is 4.79 Å². The Morgan fingerprint density at radius 1 is 1.67 bits per heavy atom. The Bertz CT molecular complexity index is 506. The largest absolute Gasteiger partial charge is 0.469 e. The molecule has 6 nitrogen and oxygen atoms in total. The molecule has 0 fully saturated rings. The van der Waals surface area contributed by atoms with Crippen LogP contribution in [0.3, 0.4) is 0 Å². The van der Waals surface area contributed by atoms with E-state index in [1.54, 1.807) is 18.3 Å². The van der Waals surface area contributed by atoms with Gasteiger partial charge in [-0.2, -0.15) is 4.98 Å². The molecule has 0 bridgehead atoms. The van der Waals surface area contributed by atoms with Crippen LogP contribution in [0.25, 0.3) is 5.65 Å². The quantitative estimate of drug-likeness (QED) is 0.701. The van der Waals surface area contributed by atoms with Crippen molar-refractivity contribution in [2.24, 2.45) is 0 Å². The Labute approximate surface area is 85.7 Å². The van der Waals surface area contributed by atoms with Crippen molar-refractivity contribution >= 4 is 17.6 Å². The van der Waals surface area contributed by atoms with Crippen LogP contribution in [0.2, 0.25) is 0 Å². The van der Waals surface area contributed by atoms with Crippen LogP contribution in [0, 0.1) is 0 Å². The molecule has 0 saturated carbocycles. The van der Waals surface area contributed by atoms with Crippen LogP contribution < -0.4 is 5.73 Å². The number of rotatable bonds is 2. The third-order valence-electron chi connectivity index (χ3n) is 2.02. The molecule has 2 N–H and O–H groups in total. The van der Waals surface area contributed by atoms with E-state index in [1.165, 1.54) is 11.6 Å². The fourth-order valence-electron chi connectivity index (χ4n) is 1.34. The summed E-state index contributed by atoms with van der Waals surface area (Å²) in [5, 5.41) is 3.94. The van der Waals surface area contributed by atoms with Gasteiger partial charge in [-0.05, 0) is 6.07 Å². The van der Waals surface area contributed by atoms with Crippen LogP contribution in [0.4, 0.5) is 5.95 Å². The SMILES string of the molecule is COC(=O)Cc1cccn2nc(N)nc12. The number of nitrogens with two attached hydrogens (primary N) is 1. The highest BCUT2D eigenvalue weighted by Gasteiger charge is 2.09. The summed E-state index contributed by atoms with van der Waals surface area (Å²) in [5.74, 6) is -0.128. The van der Waals surface area contributed by atoms with Gasteiger partial charge in [0.1, 0.15) is 0 Å². The molecule has 78 valence electrons. The lowest BCUT2D eigenvalue weighted by Gasteiger charge is -2.00. The highest BCUT2D eigenvalue weighted by atomic mass is 16.5. The molecule has 0 aromatic carbocycles. The summed E-state index contributed by atoms with van der Waals surface area (Å²) < 4.78 is 6.12. The summed E-state index contributed by atoms with van der Waals surface area (Å²) in [6, 6.07) is 3.57. The van der Waals surface area contributed by atoms with Crippen molar-refractivity contribution in [2.45, 2.75) is 6.42 Å². The van der Waals surface area contributed by atoms with Crippen molar-refractivity contribution in [2.75, 3.05) is 12.8 Å². The van der Waals surface area contributed by atoms with Crippen LogP contribution in [0.1, 0.15) is 5.56 Å². The van der Waals surface area contributed by atoms with Crippen LogP contribution in [0.5, 0.6) is 0 Å². The van der Waals surface area contributed by atoms with Gasteiger partial charge in [0, 0.05) is 11.8 Å². The van der Waals surface area contributed by atoms with Gasteiger partial charge in [0.15, 0.2) is 5.65 Å². The molecule has 6 heteroatoms. The second-order valence-electron chi connectivity index (χ2n) is 3.02. The van der Waals surface area contributed by atoms with E-state index in [0.717, 1.165) is 5.56 Å². The smallest absolute Gasteiger partial charge is 0.310 e. The van der Waals surface area contributed by atoms with E-state index in [9.17, 15) is 4.79 Å². The number of fused-ring (bicyclic) bond motifs is 1. The minimum atomic E-state index is -0.315. The minimum Gasteiger partial charge on any atom is -0.469 e. The topological polar surface area (TPSA) is 82.5 Å². The first-order valence-electron chi connectivity index (χ1n) is 4.37. The first-order valence-corrected chi connectivity index (χ1v) is 4.37. The molecule has 0 aliphatic rings. The molecule has 0 unspecified atom stereocenters. The molecule has 2 aromatic heterocycles. The van der Waals surface area contributed by atoms with Crippen LogP contribution in [-0.4, -0.2) is 27.7 Å². The number of anilines is 1. The molecule has 2 rings (SSSR count). The fourth-order valence-corrected chi connectivity index (χ4v) is 1.34. The standard InChI is InChI=1S/C9H10N4O2/c1-15-7(14)5-6-3-2-4-13-8(6)11-9(10)12-13/h2-4H,5H2,1H3,(H2,10,12). The number of ether oxygens (including phenoxy) is 1. The fraction of sp³-hybridized carbons (Fsp3) is 0.222. The van der Waals surface area contributed by atoms with E-state index in [0.29, 0.717) is 5.65 Å². The maximum atomic E-state index is 11.1. The molecule has 0 radical (unpaired) electrons. The number of hydrogen-bond donors (Lipinski definition) is 1. The van der Waals surface area contributed by atoms with E-state index in [-0.39, 0.29) is 18.3 Å². The molecule has 0 atom stereocenters. The van der Waals surface area contributed by atoms with Gasteiger partial charge in [0.25, 0.3) is 0 Å². The Hall–Kier alpha value is -2.11. The van der Waals surface area contributed by atoms with Gasteiger partial charge in [-0.1, -0.05) is 6.07 Å². The average Bonchev–Trinajstić information content (AvgIpc) is 2.59. The first-order chi connectivity index (χ1) is 7.20. The van der Waals surface area contributed by atoms with Crippen LogP contribution in [-0.2, 0) is 16.0 Å². The molecule has 0 amide bonds. The highest BCUT2D eigenvalue weighted by Crippen LogP contribution is 2.10. The minimum absolute atomic E-state index is 0.166. The lowest BCUT2D eigenvalue weighted by atomic mass is 10.2. The lowest BCUT2D eigenvalue weighted by Crippen LogP contribution is -2.06. The Kier molecular flexibility index (Phi) is 2.24. The van der Waals surface area contributed by atoms with Crippen molar-refractivity contribution in [1.29, 1.82) is 0 Å². The maximum Gasteiger partial charge on any atom is 0.310 e. The Morgan fingerprint density at radius 2 is 2.47 bits per heavy atom. The van der Waals surface area contributed by atoms with Gasteiger partial charge >= 0.3 is 5.97 Å². The molecule has 0 aliphatic carbocycles. The van der Waals surface area contributed by atoms with Gasteiger partial charge in [0.05, 0.1) is 13.5 Å². The molecule has 2 heterocycles. The summed E-state index contributed by atoms with van der Waals surface area (Å²) in [6.45, 7) is 0. The van der Waals surface area contributed by atoms with Gasteiger partial charge < -0.3 is 10.5 Å². The molecule has 15 heavy (non-hydrogen) atoms. The predicted octanol–water partition coefficient (Wildman–Crippen LogP) is 0.0270. The average molecular weight is 206 g/mol. The number of hydrogen-bond acceptors (Lipinski definition) is 5. The number of aromatic nitrogens is 3. The van der Waals surface area contributed by atoms with Crippen molar-refractivity contribution in [3.05, 3.63) is 23.9 Å². The Morgan fingerprint density at radius 3 is 3.20 bits per heavy atom. The summed E-state index contributed by atoms with van der Waals surface area (Å²) in [7, 11) is 1.35. The number of nitrogens with zero attached hydrogens (tertiary/aromatic N) is 3. The zero-order valence-electron chi connectivity index (χ0n) is 8.17. The molecule has 2 aromatic rings. The number of methoxy groups -OCH3 is 1. The predicted molar refractivity (Wildman–Crippen MR) is 53.1 cm³/mol. The van der Waals surface area contributed by atoms with Crippen LogP contribution in [0.15, 0.2) is 18.3 Å². The summed E-state index contributed by atoms with van der Waals surface area (Å²) >= 11 is 0. The van der Waals surface area contributed by atoms with Crippen molar-refractivity contribution in [1.82, 2.24) is 14.6 Å². The van der Waals surface area contributed by atoms with Gasteiger partial charge in [-0.25, -0.2) is 4.52 Å². The van der Waals surface area contributed by atoms with Gasteiger partial charge in [-0.15, -0.1) is 5.10 Å². The van der Waals surface area contributed by atoms with Crippen molar-refractivity contribution in [3.8, 4) is 0 Å². The summed E-state index contributed by atoms with van der Waals surface area (Å²) in [6.07, 6.45) is 1.89. The number of nitrogen functional groups attached to an aromatic ring is 1. The lowest BCUT2D eigenvalue weighted by molar-refractivity contribution is -0.139. The third-order valence-corrected chi connectivity index (χ3v) is 2.02. The molecule has 0 aliphatic heterocycles. The van der Waals surface area contributed by atoms with E-state index in [4.69, 9.17) is 5.73 Å². The third kappa shape index (κ3) is 1.74. The van der Waals surface area contributed by atoms with Crippen molar-refractivity contribution < 1.29 is 9.53 Å². The zero-order valence-corrected chi connectivity index (χ0v) is 8.17. The normalized spacial score (nSPS) is 10.5. The number of carbonyl (C=O) groups is 1. The van der Waals surface area contributed by atoms with Crippen molar-refractivity contribution in [3.63, 3.8) is 0 Å². The van der Waals surface area contributed by atoms with E-state index in [2.05, 4.69) is 14.8 Å².